The summed E-state index contributed by atoms with van der Waals surface area (Å²) >= 11 is 1.79. The predicted molar refractivity (Wildman–Crippen MR) is 79.8 cm³/mol. The van der Waals surface area contributed by atoms with Crippen LogP contribution in [0.5, 0.6) is 0 Å². The van der Waals surface area contributed by atoms with Crippen LogP contribution in [0, 0.1) is 13.8 Å². The number of rotatable bonds is 3. The lowest BCUT2D eigenvalue weighted by Gasteiger charge is -2.27. The van der Waals surface area contributed by atoms with E-state index in [1.807, 2.05) is 0 Å². The molecule has 1 saturated heterocycles. The number of aryl methyl sites for hydroxylation is 2. The lowest BCUT2D eigenvalue weighted by molar-refractivity contribution is 0.443. The van der Waals surface area contributed by atoms with Gasteiger partial charge in [-0.3, -0.25) is 5.84 Å². The third-order valence-electron chi connectivity index (χ3n) is 3.19. The van der Waals surface area contributed by atoms with Crippen LogP contribution in [0.1, 0.15) is 11.1 Å². The van der Waals surface area contributed by atoms with E-state index in [0.717, 1.165) is 28.3 Å². The second-order valence-corrected chi connectivity index (χ2v) is 7.70. The van der Waals surface area contributed by atoms with Gasteiger partial charge in [0, 0.05) is 30.3 Å². The highest BCUT2D eigenvalue weighted by Crippen LogP contribution is 2.28. The average Bonchev–Trinajstić information content (AvgIpc) is 2.38. The Hall–Kier alpha value is -0.760. The van der Waals surface area contributed by atoms with Gasteiger partial charge in [-0.1, -0.05) is 0 Å². The lowest BCUT2D eigenvalue weighted by Crippen LogP contribution is -2.38. The molecule has 106 valence electrons. The van der Waals surface area contributed by atoms with E-state index in [4.69, 9.17) is 5.84 Å². The lowest BCUT2D eigenvalue weighted by atomic mass is 10.1. The highest BCUT2D eigenvalue weighted by atomic mass is 32.2. The highest BCUT2D eigenvalue weighted by Gasteiger charge is 2.29. The Bertz CT molecular complexity index is 543. The molecule has 0 unspecified atom stereocenters. The topological polar surface area (TPSA) is 75.4 Å². The fourth-order valence-electron chi connectivity index (χ4n) is 2.36. The van der Waals surface area contributed by atoms with Gasteiger partial charge in [-0.05, 0) is 37.1 Å². The zero-order valence-corrected chi connectivity index (χ0v) is 12.8. The van der Waals surface area contributed by atoms with Crippen molar-refractivity contribution >= 4 is 27.5 Å². The molecule has 1 aliphatic heterocycles. The fraction of sp³-hybridized carbons (Fsp3) is 0.500. The zero-order chi connectivity index (χ0) is 14.0. The number of sulfonamides is 1. The van der Waals surface area contributed by atoms with Crippen LogP contribution >= 0.6 is 11.8 Å². The summed E-state index contributed by atoms with van der Waals surface area (Å²) in [7, 11) is -3.40. The van der Waals surface area contributed by atoms with Crippen LogP contribution < -0.4 is 11.3 Å². The summed E-state index contributed by atoms with van der Waals surface area (Å²) in [6.07, 6.45) is 0. The summed E-state index contributed by atoms with van der Waals surface area (Å²) in [5.41, 5.74) is 4.74. The van der Waals surface area contributed by atoms with Crippen molar-refractivity contribution in [3.8, 4) is 0 Å². The summed E-state index contributed by atoms with van der Waals surface area (Å²) in [6.45, 7) is 4.78. The molecule has 1 aliphatic rings. The van der Waals surface area contributed by atoms with Gasteiger partial charge in [0.25, 0.3) is 0 Å². The minimum absolute atomic E-state index is 0.415. The van der Waals surface area contributed by atoms with E-state index in [1.54, 1.807) is 42.0 Å². The molecule has 0 spiro atoms. The largest absolute Gasteiger partial charge is 0.324 e. The Labute approximate surface area is 118 Å². The van der Waals surface area contributed by atoms with Crippen molar-refractivity contribution in [3.05, 3.63) is 23.3 Å². The van der Waals surface area contributed by atoms with E-state index in [1.165, 1.54) is 0 Å². The normalized spacial score (nSPS) is 17.4. The molecule has 0 amide bonds. The number of thioether (sulfide) groups is 1. The third-order valence-corrected chi connectivity index (χ3v) is 6.34. The number of nitrogens with two attached hydrogens (primary N) is 1. The van der Waals surface area contributed by atoms with Crippen molar-refractivity contribution in [2.24, 2.45) is 5.84 Å². The van der Waals surface area contributed by atoms with Gasteiger partial charge in [0.15, 0.2) is 0 Å². The smallest absolute Gasteiger partial charge is 0.243 e. The molecule has 5 nitrogen and oxygen atoms in total. The number of nitrogen functional groups attached to an aromatic ring is 1. The van der Waals surface area contributed by atoms with Crippen LogP contribution in [-0.4, -0.2) is 37.3 Å². The number of benzene rings is 1. The zero-order valence-electron chi connectivity index (χ0n) is 11.1. The monoisotopic (exact) mass is 301 g/mol. The second kappa shape index (κ2) is 5.70. The Balaban J connectivity index is 2.45. The van der Waals surface area contributed by atoms with Gasteiger partial charge < -0.3 is 5.43 Å². The molecular weight excluding hydrogens is 282 g/mol. The minimum Gasteiger partial charge on any atom is -0.324 e. The standard InChI is InChI=1S/C12H19N3O2S2/c1-9-7-11(14-13)8-10(2)12(9)19(16,17)15-3-5-18-6-4-15/h7-8,14H,3-6,13H2,1-2H3. The van der Waals surface area contributed by atoms with Gasteiger partial charge in [-0.15, -0.1) is 0 Å². The first-order valence-corrected chi connectivity index (χ1v) is 8.72. The van der Waals surface area contributed by atoms with Crippen molar-refractivity contribution < 1.29 is 8.42 Å². The maximum absolute atomic E-state index is 12.7. The third kappa shape index (κ3) is 2.89. The Morgan fingerprint density at radius 2 is 1.74 bits per heavy atom. The maximum atomic E-state index is 12.7. The SMILES string of the molecule is Cc1cc(NN)cc(C)c1S(=O)(=O)N1CCSCC1. The van der Waals surface area contributed by atoms with Crippen molar-refractivity contribution in [3.63, 3.8) is 0 Å². The van der Waals surface area contributed by atoms with Crippen molar-refractivity contribution in [1.82, 2.24) is 4.31 Å². The Kier molecular flexibility index (Phi) is 4.39. The molecule has 1 aromatic carbocycles. The molecule has 0 radical (unpaired) electrons. The van der Waals surface area contributed by atoms with Gasteiger partial charge in [0.2, 0.25) is 10.0 Å². The molecule has 1 heterocycles. The van der Waals surface area contributed by atoms with Crippen LogP contribution in [0.15, 0.2) is 17.0 Å². The first-order chi connectivity index (χ1) is 8.96. The molecular formula is C12H19N3O2S2. The number of hydrogen-bond donors (Lipinski definition) is 2. The number of hydrazine groups is 1. The summed E-state index contributed by atoms with van der Waals surface area (Å²) in [4.78, 5) is 0.415. The Morgan fingerprint density at radius 1 is 1.21 bits per heavy atom. The van der Waals surface area contributed by atoms with E-state index in [2.05, 4.69) is 5.43 Å². The molecule has 0 saturated carbocycles. The van der Waals surface area contributed by atoms with Gasteiger partial charge in [-0.25, -0.2) is 8.42 Å². The summed E-state index contributed by atoms with van der Waals surface area (Å²) in [5.74, 6) is 7.10. The molecule has 0 bridgehead atoms. The molecule has 0 atom stereocenters. The second-order valence-electron chi connectivity index (χ2n) is 4.60. The summed E-state index contributed by atoms with van der Waals surface area (Å²) < 4.78 is 27.0. The number of nitrogens with one attached hydrogen (secondary N) is 1. The maximum Gasteiger partial charge on any atom is 0.243 e. The molecule has 7 heteroatoms. The summed E-state index contributed by atoms with van der Waals surface area (Å²) in [6, 6.07) is 3.52. The number of nitrogens with zero attached hydrogens (tertiary/aromatic N) is 1. The van der Waals surface area contributed by atoms with Crippen molar-refractivity contribution in [2.45, 2.75) is 18.7 Å². The van der Waals surface area contributed by atoms with E-state index in [9.17, 15) is 8.42 Å². The van der Waals surface area contributed by atoms with Gasteiger partial charge in [0.05, 0.1) is 4.90 Å². The van der Waals surface area contributed by atoms with Crippen LogP contribution in [0.25, 0.3) is 0 Å². The quantitative estimate of drug-likeness (QED) is 0.650. The summed E-state index contributed by atoms with van der Waals surface area (Å²) in [5, 5.41) is 0. The van der Waals surface area contributed by atoms with Gasteiger partial charge >= 0.3 is 0 Å². The molecule has 1 fully saturated rings. The molecule has 1 aromatic rings. The molecule has 19 heavy (non-hydrogen) atoms. The molecule has 2 rings (SSSR count). The van der Waals surface area contributed by atoms with E-state index in [0.29, 0.717) is 18.0 Å². The first kappa shape index (κ1) is 14.6. The average molecular weight is 301 g/mol. The van der Waals surface area contributed by atoms with Crippen LogP contribution in [0.3, 0.4) is 0 Å². The van der Waals surface area contributed by atoms with E-state index >= 15 is 0 Å². The first-order valence-electron chi connectivity index (χ1n) is 6.12. The van der Waals surface area contributed by atoms with E-state index in [-0.39, 0.29) is 0 Å². The van der Waals surface area contributed by atoms with Crippen molar-refractivity contribution in [2.75, 3.05) is 30.0 Å². The van der Waals surface area contributed by atoms with Crippen molar-refractivity contribution in [1.29, 1.82) is 0 Å². The van der Waals surface area contributed by atoms with E-state index < -0.39 is 10.0 Å². The number of hydrogen-bond acceptors (Lipinski definition) is 5. The van der Waals surface area contributed by atoms with Crippen LogP contribution in [-0.2, 0) is 10.0 Å². The predicted octanol–water partition coefficient (Wildman–Crippen LogP) is 1.33. The minimum atomic E-state index is -3.40. The highest BCUT2D eigenvalue weighted by molar-refractivity contribution is 7.99. The molecule has 0 aliphatic carbocycles. The van der Waals surface area contributed by atoms with Gasteiger partial charge in [-0.2, -0.15) is 16.1 Å². The molecule has 0 aromatic heterocycles. The molecule has 3 N–H and O–H groups in total. The van der Waals surface area contributed by atoms with Crippen LogP contribution in [0.2, 0.25) is 0 Å². The fourth-order valence-corrected chi connectivity index (χ4v) is 5.34. The van der Waals surface area contributed by atoms with Crippen LogP contribution in [0.4, 0.5) is 5.69 Å². The Morgan fingerprint density at radius 3 is 2.21 bits per heavy atom. The van der Waals surface area contributed by atoms with Gasteiger partial charge in [0.1, 0.15) is 0 Å². The number of anilines is 1.